The van der Waals surface area contributed by atoms with Crippen molar-refractivity contribution in [1.29, 1.82) is 0 Å². The van der Waals surface area contributed by atoms with Crippen LogP contribution in [0.4, 0.5) is 0 Å². The van der Waals surface area contributed by atoms with Crippen LogP contribution in [0.2, 0.25) is 0 Å². The Hall–Kier alpha value is -3.35. The second kappa shape index (κ2) is 8.18. The van der Waals surface area contributed by atoms with Gasteiger partial charge in [0.25, 0.3) is 0 Å². The van der Waals surface area contributed by atoms with Crippen molar-refractivity contribution < 1.29 is 9.63 Å². The molecular weight excluding hydrogens is 376 g/mol. The monoisotopic (exact) mass is 398 g/mol. The molecule has 2 aromatic carbocycles. The summed E-state index contributed by atoms with van der Waals surface area (Å²) in [4.78, 5) is 11.2. The number of likely N-dealkylation sites (tertiary alicyclic amines) is 1. The van der Waals surface area contributed by atoms with E-state index in [1.165, 1.54) is 0 Å². The Morgan fingerprint density at radius 2 is 1.73 bits per heavy atom. The SMILES string of the molecule is OC1CC(c2nc(-c3ccccc3)no2)N(Cc2ccc(-c3ccccn3)cc2)C1. The van der Waals surface area contributed by atoms with E-state index in [1.54, 1.807) is 6.20 Å². The minimum Gasteiger partial charge on any atom is -0.392 e. The normalized spacial score (nSPS) is 19.2. The van der Waals surface area contributed by atoms with Gasteiger partial charge in [-0.2, -0.15) is 4.98 Å². The molecule has 1 aliphatic heterocycles. The number of hydrogen-bond donors (Lipinski definition) is 1. The Kier molecular flexibility index (Phi) is 5.09. The molecule has 2 atom stereocenters. The molecule has 6 heteroatoms. The number of hydrogen-bond acceptors (Lipinski definition) is 6. The van der Waals surface area contributed by atoms with Gasteiger partial charge in [-0.1, -0.05) is 65.8 Å². The van der Waals surface area contributed by atoms with Crippen molar-refractivity contribution in [2.45, 2.75) is 25.1 Å². The van der Waals surface area contributed by atoms with Gasteiger partial charge >= 0.3 is 0 Å². The molecule has 1 fully saturated rings. The second-order valence-corrected chi connectivity index (χ2v) is 7.57. The predicted molar refractivity (Wildman–Crippen MR) is 113 cm³/mol. The van der Waals surface area contributed by atoms with E-state index < -0.39 is 6.10 Å². The summed E-state index contributed by atoms with van der Waals surface area (Å²) < 4.78 is 5.57. The number of rotatable bonds is 5. The number of pyridine rings is 1. The first-order chi connectivity index (χ1) is 14.8. The number of nitrogens with zero attached hydrogens (tertiary/aromatic N) is 4. The summed E-state index contributed by atoms with van der Waals surface area (Å²) in [6, 6.07) is 24.0. The molecule has 0 radical (unpaired) electrons. The van der Waals surface area contributed by atoms with Gasteiger partial charge in [-0.3, -0.25) is 9.88 Å². The largest absolute Gasteiger partial charge is 0.392 e. The van der Waals surface area contributed by atoms with Crippen LogP contribution in [0, 0.1) is 0 Å². The average molecular weight is 398 g/mol. The lowest BCUT2D eigenvalue weighted by Gasteiger charge is -2.21. The van der Waals surface area contributed by atoms with Gasteiger partial charge < -0.3 is 9.63 Å². The maximum Gasteiger partial charge on any atom is 0.244 e. The van der Waals surface area contributed by atoms with Crippen molar-refractivity contribution in [3.05, 3.63) is 90.4 Å². The third-order valence-corrected chi connectivity index (χ3v) is 5.44. The highest BCUT2D eigenvalue weighted by Crippen LogP contribution is 2.33. The minimum absolute atomic E-state index is 0.0968. The van der Waals surface area contributed by atoms with Gasteiger partial charge in [0.05, 0.1) is 17.8 Å². The molecule has 0 amide bonds. The lowest BCUT2D eigenvalue weighted by molar-refractivity contribution is 0.169. The molecule has 2 unspecified atom stereocenters. The van der Waals surface area contributed by atoms with Crippen LogP contribution in [0.15, 0.2) is 83.5 Å². The fourth-order valence-corrected chi connectivity index (χ4v) is 3.93. The van der Waals surface area contributed by atoms with E-state index >= 15 is 0 Å². The first-order valence-corrected chi connectivity index (χ1v) is 10.1. The first-order valence-electron chi connectivity index (χ1n) is 10.1. The molecule has 5 rings (SSSR count). The molecule has 3 heterocycles. The van der Waals surface area contributed by atoms with Crippen LogP contribution in [0.25, 0.3) is 22.6 Å². The summed E-state index contributed by atoms with van der Waals surface area (Å²) in [7, 11) is 0. The fraction of sp³-hybridized carbons (Fsp3) is 0.208. The van der Waals surface area contributed by atoms with Crippen LogP contribution >= 0.6 is 0 Å². The Morgan fingerprint density at radius 1 is 0.933 bits per heavy atom. The molecular formula is C24H22N4O2. The molecule has 30 heavy (non-hydrogen) atoms. The second-order valence-electron chi connectivity index (χ2n) is 7.57. The highest BCUT2D eigenvalue weighted by atomic mass is 16.5. The lowest BCUT2D eigenvalue weighted by Crippen LogP contribution is -2.24. The predicted octanol–water partition coefficient (Wildman–Crippen LogP) is 4.11. The van der Waals surface area contributed by atoms with E-state index in [4.69, 9.17) is 4.52 Å². The smallest absolute Gasteiger partial charge is 0.244 e. The van der Waals surface area contributed by atoms with Crippen LogP contribution in [-0.4, -0.2) is 37.8 Å². The maximum absolute atomic E-state index is 10.3. The Morgan fingerprint density at radius 3 is 2.50 bits per heavy atom. The fourth-order valence-electron chi connectivity index (χ4n) is 3.93. The van der Waals surface area contributed by atoms with E-state index in [0.717, 1.165) is 22.4 Å². The summed E-state index contributed by atoms with van der Waals surface area (Å²) in [5, 5.41) is 14.4. The molecule has 1 aliphatic rings. The third kappa shape index (κ3) is 3.87. The molecule has 0 bridgehead atoms. The summed E-state index contributed by atoms with van der Waals surface area (Å²) in [6.07, 6.45) is 1.98. The maximum atomic E-state index is 10.3. The van der Waals surface area contributed by atoms with Crippen LogP contribution in [0.1, 0.15) is 23.9 Å². The number of aromatic nitrogens is 3. The third-order valence-electron chi connectivity index (χ3n) is 5.44. The van der Waals surface area contributed by atoms with E-state index in [9.17, 15) is 5.11 Å². The zero-order valence-electron chi connectivity index (χ0n) is 16.4. The highest BCUT2D eigenvalue weighted by molar-refractivity contribution is 5.59. The molecule has 0 saturated carbocycles. The molecule has 6 nitrogen and oxygen atoms in total. The molecule has 1 N–H and O–H groups in total. The molecule has 0 aliphatic carbocycles. The molecule has 4 aromatic rings. The van der Waals surface area contributed by atoms with E-state index in [0.29, 0.717) is 31.2 Å². The van der Waals surface area contributed by atoms with Crippen molar-refractivity contribution in [1.82, 2.24) is 20.0 Å². The summed E-state index contributed by atoms with van der Waals surface area (Å²) in [5.41, 5.74) is 4.12. The summed E-state index contributed by atoms with van der Waals surface area (Å²) in [6.45, 7) is 1.28. The molecule has 0 spiro atoms. The van der Waals surface area contributed by atoms with E-state index in [1.807, 2.05) is 48.5 Å². The molecule has 2 aromatic heterocycles. The quantitative estimate of drug-likeness (QED) is 0.545. The highest BCUT2D eigenvalue weighted by Gasteiger charge is 2.35. The van der Waals surface area contributed by atoms with Crippen LogP contribution in [-0.2, 0) is 6.54 Å². The summed E-state index contributed by atoms with van der Waals surface area (Å²) >= 11 is 0. The average Bonchev–Trinajstić information content (AvgIpc) is 3.42. The number of β-amino-alcohol motifs (C(OH)–C–C–N with tert-alkyl or cyclic N) is 1. The zero-order chi connectivity index (χ0) is 20.3. The van der Waals surface area contributed by atoms with Crippen molar-refractivity contribution in [2.24, 2.45) is 0 Å². The minimum atomic E-state index is -0.408. The van der Waals surface area contributed by atoms with Crippen LogP contribution < -0.4 is 0 Å². The first kappa shape index (κ1) is 18.7. The standard InChI is InChI=1S/C24H22N4O2/c29-20-14-22(24-26-23(27-30-24)19-6-2-1-3-7-19)28(16-20)15-17-9-11-18(12-10-17)21-8-4-5-13-25-21/h1-13,20,22,29H,14-16H2. The van der Waals surface area contributed by atoms with Crippen molar-refractivity contribution in [3.8, 4) is 22.6 Å². The zero-order valence-corrected chi connectivity index (χ0v) is 16.4. The van der Waals surface area contributed by atoms with Gasteiger partial charge in [0.1, 0.15) is 0 Å². The topological polar surface area (TPSA) is 75.3 Å². The molecule has 150 valence electrons. The van der Waals surface area contributed by atoms with Gasteiger partial charge in [-0.15, -0.1) is 0 Å². The van der Waals surface area contributed by atoms with E-state index in [-0.39, 0.29) is 6.04 Å². The van der Waals surface area contributed by atoms with Gasteiger partial charge in [-0.25, -0.2) is 0 Å². The van der Waals surface area contributed by atoms with Crippen molar-refractivity contribution in [3.63, 3.8) is 0 Å². The summed E-state index contributed by atoms with van der Waals surface area (Å²) in [5.74, 6) is 1.13. The molecule has 1 saturated heterocycles. The number of benzene rings is 2. The Labute approximate surface area is 174 Å². The Balaban J connectivity index is 1.33. The van der Waals surface area contributed by atoms with Gasteiger partial charge in [-0.05, 0) is 24.1 Å². The lowest BCUT2D eigenvalue weighted by atomic mass is 10.1. The van der Waals surface area contributed by atoms with Crippen molar-refractivity contribution in [2.75, 3.05) is 6.54 Å². The van der Waals surface area contributed by atoms with Crippen molar-refractivity contribution >= 4 is 0 Å². The van der Waals surface area contributed by atoms with Gasteiger partial charge in [0.15, 0.2) is 0 Å². The Bertz CT molecular complexity index is 1100. The van der Waals surface area contributed by atoms with Crippen LogP contribution in [0.5, 0.6) is 0 Å². The van der Waals surface area contributed by atoms with Gasteiger partial charge in [0, 0.05) is 30.4 Å². The van der Waals surface area contributed by atoms with E-state index in [2.05, 4.69) is 44.3 Å². The van der Waals surface area contributed by atoms with Gasteiger partial charge in [0.2, 0.25) is 11.7 Å². The number of aliphatic hydroxyl groups excluding tert-OH is 1. The van der Waals surface area contributed by atoms with Crippen LogP contribution in [0.3, 0.4) is 0 Å². The number of aliphatic hydroxyl groups is 1.